The second-order valence-electron chi connectivity index (χ2n) is 7.96. The third-order valence-corrected chi connectivity index (χ3v) is 6.60. The number of unbranched alkanes of at least 4 members (excludes halogenated alkanes) is 1. The lowest BCUT2D eigenvalue weighted by Gasteiger charge is -2.36. The van der Waals surface area contributed by atoms with Crippen LogP contribution in [0.25, 0.3) is 10.9 Å². The minimum Gasteiger partial charge on any atom is -0.508 e. The predicted molar refractivity (Wildman–Crippen MR) is 117 cm³/mol. The van der Waals surface area contributed by atoms with Crippen molar-refractivity contribution >= 4 is 38.8 Å². The second kappa shape index (κ2) is 7.16. The molecule has 5 rings (SSSR count). The summed E-state index contributed by atoms with van der Waals surface area (Å²) in [6.07, 6.45) is 2.18. The number of nitrogens with one attached hydrogen (secondary N) is 1. The first-order chi connectivity index (χ1) is 14.5. The average Bonchev–Trinajstić information content (AvgIpc) is 3.20. The van der Waals surface area contributed by atoms with Crippen LogP contribution in [0.5, 0.6) is 5.75 Å². The van der Waals surface area contributed by atoms with Crippen LogP contribution in [0.15, 0.2) is 46.9 Å². The van der Waals surface area contributed by atoms with Crippen molar-refractivity contribution in [2.75, 3.05) is 6.54 Å². The highest BCUT2D eigenvalue weighted by molar-refractivity contribution is 9.10. The molecule has 2 unspecified atom stereocenters. The maximum atomic E-state index is 13.4. The summed E-state index contributed by atoms with van der Waals surface area (Å²) in [5.41, 5.74) is 3.71. The number of urea groups is 1. The van der Waals surface area contributed by atoms with Crippen molar-refractivity contribution in [1.82, 2.24) is 14.8 Å². The fourth-order valence-corrected chi connectivity index (χ4v) is 5.07. The van der Waals surface area contributed by atoms with Gasteiger partial charge in [0.25, 0.3) is 5.91 Å². The van der Waals surface area contributed by atoms with Crippen LogP contribution < -0.4 is 0 Å². The second-order valence-corrected chi connectivity index (χ2v) is 8.87. The summed E-state index contributed by atoms with van der Waals surface area (Å²) in [6.45, 7) is 2.48. The molecule has 0 aliphatic carbocycles. The molecule has 0 radical (unpaired) electrons. The fraction of sp³-hybridized carbons (Fsp3) is 0.304. The van der Waals surface area contributed by atoms with E-state index in [9.17, 15) is 14.7 Å². The normalized spacial score (nSPS) is 20.7. The number of carbonyl (C=O) groups excluding carboxylic acids is 2. The van der Waals surface area contributed by atoms with Crippen LogP contribution in [-0.4, -0.2) is 44.4 Å². The smallest absolute Gasteiger partial charge is 0.328 e. The Kier molecular flexibility index (Phi) is 4.58. The molecule has 0 spiro atoms. The SMILES string of the molecule is CCCCN1C(=O)C2Cc3c([nH]c4ccc(Br)cc34)C(c3cccc(O)c3)N2C1=O. The first kappa shape index (κ1) is 19.2. The topological polar surface area (TPSA) is 76.6 Å². The van der Waals surface area contributed by atoms with E-state index in [1.165, 1.54) is 4.90 Å². The number of phenols is 1. The van der Waals surface area contributed by atoms with Crippen LogP contribution in [0.1, 0.15) is 42.6 Å². The van der Waals surface area contributed by atoms with E-state index < -0.39 is 12.1 Å². The van der Waals surface area contributed by atoms with E-state index in [0.29, 0.717) is 13.0 Å². The number of nitrogens with zero attached hydrogens (tertiary/aromatic N) is 2. The minimum atomic E-state index is -0.535. The van der Waals surface area contributed by atoms with Gasteiger partial charge in [-0.05, 0) is 47.9 Å². The van der Waals surface area contributed by atoms with Crippen molar-refractivity contribution in [3.8, 4) is 5.75 Å². The standard InChI is InChI=1S/C23H22BrN3O3/c1-2-3-9-26-22(29)19-12-17-16-11-14(24)7-8-18(16)25-20(17)21(27(19)23(26)30)13-5-4-6-15(28)10-13/h4-8,10-11,19,21,25,28H,2-3,9,12H2,1H3. The Morgan fingerprint density at radius 1 is 1.20 bits per heavy atom. The quantitative estimate of drug-likeness (QED) is 0.545. The van der Waals surface area contributed by atoms with Crippen LogP contribution in [0.2, 0.25) is 0 Å². The van der Waals surface area contributed by atoms with Gasteiger partial charge in [0.05, 0.1) is 0 Å². The van der Waals surface area contributed by atoms with Crippen molar-refractivity contribution in [3.63, 3.8) is 0 Å². The Bertz CT molecular complexity index is 1170. The lowest BCUT2D eigenvalue weighted by atomic mass is 9.89. The first-order valence-corrected chi connectivity index (χ1v) is 11.0. The maximum Gasteiger partial charge on any atom is 0.328 e. The number of amides is 3. The number of halogens is 1. The molecule has 2 N–H and O–H groups in total. The van der Waals surface area contributed by atoms with E-state index in [1.807, 2.05) is 25.1 Å². The van der Waals surface area contributed by atoms with E-state index in [0.717, 1.165) is 45.0 Å². The number of aromatic hydroxyl groups is 1. The average molecular weight is 468 g/mol. The fourth-order valence-electron chi connectivity index (χ4n) is 4.71. The Morgan fingerprint density at radius 2 is 2.03 bits per heavy atom. The van der Waals surface area contributed by atoms with Crippen LogP contribution in [-0.2, 0) is 11.2 Å². The third-order valence-electron chi connectivity index (χ3n) is 6.11. The third kappa shape index (κ3) is 2.83. The lowest BCUT2D eigenvalue weighted by Crippen LogP contribution is -2.44. The summed E-state index contributed by atoms with van der Waals surface area (Å²) in [5, 5.41) is 11.1. The molecule has 0 saturated carbocycles. The number of H-pyrrole nitrogens is 1. The van der Waals surface area contributed by atoms with E-state index in [2.05, 4.69) is 27.0 Å². The van der Waals surface area contributed by atoms with Gasteiger partial charge in [-0.2, -0.15) is 0 Å². The summed E-state index contributed by atoms with van der Waals surface area (Å²) < 4.78 is 0.964. The number of rotatable bonds is 4. The number of aromatic amines is 1. The van der Waals surface area contributed by atoms with E-state index >= 15 is 0 Å². The Morgan fingerprint density at radius 3 is 2.80 bits per heavy atom. The zero-order valence-corrected chi connectivity index (χ0v) is 18.1. The van der Waals surface area contributed by atoms with E-state index in [1.54, 1.807) is 23.1 Å². The van der Waals surface area contributed by atoms with E-state index in [4.69, 9.17) is 0 Å². The maximum absolute atomic E-state index is 13.4. The number of aromatic nitrogens is 1. The zero-order valence-electron chi connectivity index (χ0n) is 16.6. The van der Waals surface area contributed by atoms with Gasteiger partial charge in [-0.3, -0.25) is 14.6 Å². The first-order valence-electron chi connectivity index (χ1n) is 10.2. The van der Waals surface area contributed by atoms with Gasteiger partial charge in [-0.15, -0.1) is 0 Å². The number of fused-ring (bicyclic) bond motifs is 4. The Balaban J connectivity index is 1.70. The monoisotopic (exact) mass is 467 g/mol. The van der Waals surface area contributed by atoms with Crippen molar-refractivity contribution in [1.29, 1.82) is 0 Å². The molecule has 2 atom stereocenters. The largest absolute Gasteiger partial charge is 0.508 e. The van der Waals surface area contributed by atoms with Crippen molar-refractivity contribution in [2.24, 2.45) is 0 Å². The molecule has 2 aromatic carbocycles. The molecule has 3 amide bonds. The molecular formula is C23H22BrN3O3. The van der Waals surface area contributed by atoms with Gasteiger partial charge in [0, 0.05) is 34.0 Å². The highest BCUT2D eigenvalue weighted by Crippen LogP contribution is 2.44. The van der Waals surface area contributed by atoms with Gasteiger partial charge >= 0.3 is 6.03 Å². The molecule has 1 saturated heterocycles. The van der Waals surface area contributed by atoms with Crippen LogP contribution in [0, 0.1) is 0 Å². The van der Waals surface area contributed by atoms with Gasteiger partial charge in [0.2, 0.25) is 0 Å². The number of hydrogen-bond acceptors (Lipinski definition) is 3. The molecule has 2 aliphatic heterocycles. The molecule has 154 valence electrons. The number of imide groups is 1. The zero-order chi connectivity index (χ0) is 21.0. The Hall–Kier alpha value is -2.80. The number of carbonyl (C=O) groups is 2. The molecular weight excluding hydrogens is 446 g/mol. The van der Waals surface area contributed by atoms with Crippen LogP contribution in [0.3, 0.4) is 0 Å². The number of hydrogen-bond donors (Lipinski definition) is 2. The van der Waals surface area contributed by atoms with E-state index in [-0.39, 0.29) is 17.7 Å². The summed E-state index contributed by atoms with van der Waals surface area (Å²) in [7, 11) is 0. The molecule has 0 bridgehead atoms. The highest BCUT2D eigenvalue weighted by atomic mass is 79.9. The lowest BCUT2D eigenvalue weighted by molar-refractivity contribution is -0.128. The molecule has 3 heterocycles. The van der Waals surface area contributed by atoms with Crippen molar-refractivity contribution < 1.29 is 14.7 Å². The molecule has 30 heavy (non-hydrogen) atoms. The van der Waals surface area contributed by atoms with Crippen LogP contribution >= 0.6 is 15.9 Å². The molecule has 7 heteroatoms. The molecule has 3 aromatic rings. The summed E-state index contributed by atoms with van der Waals surface area (Å²) in [4.78, 5) is 33.2. The van der Waals surface area contributed by atoms with Gasteiger partial charge in [-0.1, -0.05) is 41.4 Å². The van der Waals surface area contributed by atoms with Gasteiger partial charge in [0.1, 0.15) is 17.8 Å². The van der Waals surface area contributed by atoms with Gasteiger partial charge < -0.3 is 10.1 Å². The molecule has 2 aliphatic rings. The van der Waals surface area contributed by atoms with Gasteiger partial charge in [-0.25, -0.2) is 4.79 Å². The van der Waals surface area contributed by atoms with Crippen LogP contribution in [0.4, 0.5) is 4.79 Å². The summed E-state index contributed by atoms with van der Waals surface area (Å²) in [6, 6.07) is 11.7. The number of benzene rings is 2. The summed E-state index contributed by atoms with van der Waals surface area (Å²) >= 11 is 3.54. The molecule has 1 aromatic heterocycles. The van der Waals surface area contributed by atoms with Gasteiger partial charge in [0.15, 0.2) is 0 Å². The van der Waals surface area contributed by atoms with Crippen molar-refractivity contribution in [3.05, 3.63) is 63.8 Å². The highest BCUT2D eigenvalue weighted by Gasteiger charge is 2.52. The molecule has 1 fully saturated rings. The summed E-state index contributed by atoms with van der Waals surface area (Å²) in [5.74, 6) is 0.00411. The number of phenolic OH excluding ortho intramolecular Hbond substituents is 1. The predicted octanol–water partition coefficient (Wildman–Crippen LogP) is 4.71. The Labute approximate surface area is 182 Å². The molecule has 6 nitrogen and oxygen atoms in total. The minimum absolute atomic E-state index is 0.131. The van der Waals surface area contributed by atoms with Crippen molar-refractivity contribution in [2.45, 2.75) is 38.3 Å².